The predicted octanol–water partition coefficient (Wildman–Crippen LogP) is 4.66. The molecule has 0 aliphatic carbocycles. The Morgan fingerprint density at radius 2 is 1.87 bits per heavy atom. The molecule has 1 atom stereocenters. The van der Waals surface area contributed by atoms with Crippen molar-refractivity contribution in [3.63, 3.8) is 0 Å². The summed E-state index contributed by atoms with van der Waals surface area (Å²) in [5.74, 6) is 1.73. The van der Waals surface area contributed by atoms with Crippen molar-refractivity contribution < 1.29 is 14.0 Å². The Labute approximate surface area is 174 Å². The quantitative estimate of drug-likeness (QED) is 0.483. The lowest BCUT2D eigenvalue weighted by Gasteiger charge is -2.24. The van der Waals surface area contributed by atoms with Gasteiger partial charge in [0, 0.05) is 5.56 Å². The third kappa shape index (κ3) is 3.71. The fourth-order valence-corrected chi connectivity index (χ4v) is 3.50. The van der Waals surface area contributed by atoms with E-state index in [1.165, 1.54) is 0 Å². The maximum absolute atomic E-state index is 6.01. The first-order valence-electron chi connectivity index (χ1n) is 10.00. The zero-order valence-electron chi connectivity index (χ0n) is 16.9. The van der Waals surface area contributed by atoms with Crippen molar-refractivity contribution in [1.29, 1.82) is 0 Å². The van der Waals surface area contributed by atoms with Crippen LogP contribution in [0.15, 0.2) is 65.2 Å². The van der Waals surface area contributed by atoms with Crippen LogP contribution in [0.2, 0.25) is 0 Å². The minimum atomic E-state index is -0.0173. The molecule has 0 spiro atoms. The monoisotopic (exact) mass is 402 g/mol. The van der Waals surface area contributed by atoms with Gasteiger partial charge in [-0.25, -0.2) is 0 Å². The van der Waals surface area contributed by atoms with E-state index in [9.17, 15) is 0 Å². The summed E-state index contributed by atoms with van der Waals surface area (Å²) in [5.41, 5.74) is 3.65. The van der Waals surface area contributed by atoms with Gasteiger partial charge in [0.15, 0.2) is 5.69 Å². The first-order valence-corrected chi connectivity index (χ1v) is 10.00. The van der Waals surface area contributed by atoms with Crippen molar-refractivity contribution in [3.05, 3.63) is 71.9 Å². The molecule has 152 valence electrons. The van der Waals surface area contributed by atoms with E-state index in [1.54, 1.807) is 0 Å². The van der Waals surface area contributed by atoms with E-state index >= 15 is 0 Å². The maximum atomic E-state index is 6.01. The lowest BCUT2D eigenvalue weighted by Crippen LogP contribution is -2.21. The van der Waals surface area contributed by atoms with E-state index in [-0.39, 0.29) is 12.2 Å². The lowest BCUT2D eigenvalue weighted by atomic mass is 10.1. The summed E-state index contributed by atoms with van der Waals surface area (Å²) in [4.78, 5) is 4.53. The molecule has 30 heavy (non-hydrogen) atoms. The number of aromatic nitrogens is 4. The molecule has 0 bridgehead atoms. The van der Waals surface area contributed by atoms with Crippen LogP contribution in [-0.2, 0) is 17.9 Å². The zero-order valence-corrected chi connectivity index (χ0v) is 16.9. The molecule has 4 aromatic rings. The van der Waals surface area contributed by atoms with Gasteiger partial charge in [-0.3, -0.25) is 4.68 Å². The van der Waals surface area contributed by atoms with Crippen LogP contribution in [0, 0.1) is 0 Å². The molecule has 5 rings (SSSR count). The molecule has 2 aromatic carbocycles. The van der Waals surface area contributed by atoms with E-state index in [4.69, 9.17) is 14.0 Å². The van der Waals surface area contributed by atoms with E-state index in [2.05, 4.69) is 27.4 Å². The molecule has 3 heterocycles. The zero-order chi connectivity index (χ0) is 20.5. The first-order chi connectivity index (χ1) is 14.7. The molecule has 0 amide bonds. The largest absolute Gasteiger partial charge is 0.491 e. The molecule has 0 saturated heterocycles. The molecule has 2 aromatic heterocycles. The van der Waals surface area contributed by atoms with E-state index < -0.39 is 0 Å². The van der Waals surface area contributed by atoms with E-state index in [1.807, 2.05) is 67.1 Å². The van der Waals surface area contributed by atoms with E-state index in [0.29, 0.717) is 30.6 Å². The van der Waals surface area contributed by atoms with Gasteiger partial charge in [0.25, 0.3) is 5.89 Å². The SMILES string of the molecule is CC(C)Oc1ccc(-c2noc(-c3cc4n(n3)C[C@@H](c3ccccc3)OC4)n2)cc1. The molecule has 0 saturated carbocycles. The summed E-state index contributed by atoms with van der Waals surface area (Å²) in [6, 6.07) is 19.8. The van der Waals surface area contributed by atoms with Crippen LogP contribution < -0.4 is 4.74 Å². The topological polar surface area (TPSA) is 75.2 Å². The van der Waals surface area contributed by atoms with Crippen LogP contribution in [0.3, 0.4) is 0 Å². The van der Waals surface area contributed by atoms with Gasteiger partial charge in [-0.05, 0) is 49.7 Å². The Morgan fingerprint density at radius 1 is 1.07 bits per heavy atom. The summed E-state index contributed by atoms with van der Waals surface area (Å²) in [5, 5.41) is 8.79. The van der Waals surface area contributed by atoms with Crippen LogP contribution in [0.25, 0.3) is 23.0 Å². The summed E-state index contributed by atoms with van der Waals surface area (Å²) >= 11 is 0. The summed E-state index contributed by atoms with van der Waals surface area (Å²) in [7, 11) is 0. The van der Waals surface area contributed by atoms with Gasteiger partial charge in [-0.2, -0.15) is 10.1 Å². The number of hydrogen-bond acceptors (Lipinski definition) is 6. The summed E-state index contributed by atoms with van der Waals surface area (Å²) < 4.78 is 19.1. The number of benzene rings is 2. The molecule has 0 N–H and O–H groups in total. The molecule has 1 aliphatic rings. The van der Waals surface area contributed by atoms with Crippen LogP contribution in [0.4, 0.5) is 0 Å². The number of hydrogen-bond donors (Lipinski definition) is 0. The number of nitrogens with zero attached hydrogens (tertiary/aromatic N) is 4. The normalized spacial score (nSPS) is 15.9. The van der Waals surface area contributed by atoms with Gasteiger partial charge >= 0.3 is 0 Å². The highest BCUT2D eigenvalue weighted by Crippen LogP contribution is 2.29. The highest BCUT2D eigenvalue weighted by molar-refractivity contribution is 5.59. The standard InChI is InChI=1S/C23H22N4O3/c1-15(2)29-19-10-8-17(9-11-19)22-24-23(30-26-22)20-12-18-14-28-21(13-27(18)25-20)16-6-4-3-5-7-16/h3-12,15,21H,13-14H2,1-2H3/t21-/m0/s1. The third-order valence-corrected chi connectivity index (χ3v) is 4.94. The summed E-state index contributed by atoms with van der Waals surface area (Å²) in [6.45, 7) is 5.14. The minimum Gasteiger partial charge on any atom is -0.491 e. The molecular formula is C23H22N4O3. The van der Waals surface area contributed by atoms with Crippen molar-refractivity contribution >= 4 is 0 Å². The third-order valence-electron chi connectivity index (χ3n) is 4.94. The van der Waals surface area contributed by atoms with Crippen molar-refractivity contribution in [1.82, 2.24) is 19.9 Å². The van der Waals surface area contributed by atoms with Crippen LogP contribution in [-0.4, -0.2) is 26.0 Å². The highest BCUT2D eigenvalue weighted by Gasteiger charge is 2.24. The van der Waals surface area contributed by atoms with Crippen LogP contribution in [0.5, 0.6) is 5.75 Å². The highest BCUT2D eigenvalue weighted by atomic mass is 16.5. The number of fused-ring (bicyclic) bond motifs is 1. The Hall–Kier alpha value is -3.45. The molecule has 0 fully saturated rings. The van der Waals surface area contributed by atoms with Gasteiger partial charge in [0.05, 0.1) is 24.9 Å². The Bertz CT molecular complexity index is 1130. The van der Waals surface area contributed by atoms with E-state index in [0.717, 1.165) is 22.6 Å². The van der Waals surface area contributed by atoms with Crippen molar-refractivity contribution in [2.45, 2.75) is 39.2 Å². The second kappa shape index (κ2) is 7.76. The first kappa shape index (κ1) is 18.6. The molecule has 7 nitrogen and oxygen atoms in total. The van der Waals surface area contributed by atoms with Crippen molar-refractivity contribution in [3.8, 4) is 28.7 Å². The Balaban J connectivity index is 1.34. The second-order valence-electron chi connectivity index (χ2n) is 7.53. The second-order valence-corrected chi connectivity index (χ2v) is 7.53. The number of ether oxygens (including phenoxy) is 2. The van der Waals surface area contributed by atoms with Gasteiger partial charge in [0.2, 0.25) is 5.82 Å². The average Bonchev–Trinajstić information content (AvgIpc) is 3.41. The fraction of sp³-hybridized carbons (Fsp3) is 0.261. The van der Waals surface area contributed by atoms with Crippen LogP contribution >= 0.6 is 0 Å². The van der Waals surface area contributed by atoms with Crippen molar-refractivity contribution in [2.24, 2.45) is 0 Å². The molecular weight excluding hydrogens is 380 g/mol. The molecule has 0 unspecified atom stereocenters. The van der Waals surface area contributed by atoms with Crippen LogP contribution in [0.1, 0.15) is 31.2 Å². The van der Waals surface area contributed by atoms with Gasteiger partial charge in [0.1, 0.15) is 11.9 Å². The minimum absolute atomic E-state index is 0.0173. The maximum Gasteiger partial charge on any atom is 0.278 e. The smallest absolute Gasteiger partial charge is 0.278 e. The number of rotatable bonds is 5. The van der Waals surface area contributed by atoms with Gasteiger partial charge < -0.3 is 14.0 Å². The van der Waals surface area contributed by atoms with Gasteiger partial charge in [-0.15, -0.1) is 0 Å². The lowest BCUT2D eigenvalue weighted by molar-refractivity contribution is -0.00113. The molecule has 7 heteroatoms. The Kier molecular flexibility index (Phi) is 4.80. The molecule has 1 aliphatic heterocycles. The summed E-state index contributed by atoms with van der Waals surface area (Å²) in [6.07, 6.45) is 0.112. The predicted molar refractivity (Wildman–Crippen MR) is 111 cm³/mol. The molecule has 0 radical (unpaired) electrons. The average molecular weight is 402 g/mol. The fourth-order valence-electron chi connectivity index (χ4n) is 3.50. The van der Waals surface area contributed by atoms with Gasteiger partial charge in [-0.1, -0.05) is 35.5 Å². The Morgan fingerprint density at radius 3 is 2.63 bits per heavy atom. The van der Waals surface area contributed by atoms with Crippen molar-refractivity contribution in [2.75, 3.05) is 0 Å².